The first-order chi connectivity index (χ1) is 17.0. The number of anilines is 1. The van der Waals surface area contributed by atoms with E-state index in [1.165, 1.54) is 16.9 Å². The summed E-state index contributed by atoms with van der Waals surface area (Å²) >= 11 is 1.82. The van der Waals surface area contributed by atoms with Gasteiger partial charge in [-0.15, -0.1) is 11.3 Å². The minimum atomic E-state index is -0.668. The van der Waals surface area contributed by atoms with Gasteiger partial charge in [-0.3, -0.25) is 0 Å². The number of aryl methyl sites for hydroxylation is 2. The van der Waals surface area contributed by atoms with Gasteiger partial charge in [-0.1, -0.05) is 29.8 Å². The number of carbonyl (C=O) groups is 1. The van der Waals surface area contributed by atoms with Gasteiger partial charge in [0.1, 0.15) is 16.6 Å². The van der Waals surface area contributed by atoms with Crippen LogP contribution in [0.15, 0.2) is 60.8 Å². The lowest BCUT2D eigenvalue weighted by Crippen LogP contribution is -2.38. The van der Waals surface area contributed by atoms with Gasteiger partial charge in [-0.05, 0) is 68.0 Å². The van der Waals surface area contributed by atoms with E-state index in [-0.39, 0.29) is 11.7 Å². The van der Waals surface area contributed by atoms with E-state index in [0.717, 1.165) is 64.8 Å². The number of aromatic nitrogens is 1. The predicted molar refractivity (Wildman–Crippen MR) is 134 cm³/mol. The minimum absolute atomic E-state index is 0.162. The van der Waals surface area contributed by atoms with Crippen LogP contribution in [0.1, 0.15) is 51.7 Å². The third-order valence-electron chi connectivity index (χ3n) is 7.00. The van der Waals surface area contributed by atoms with E-state index in [0.29, 0.717) is 6.54 Å². The van der Waals surface area contributed by atoms with Crippen molar-refractivity contribution in [1.82, 2.24) is 9.47 Å². The number of thiophene rings is 1. The molecule has 35 heavy (non-hydrogen) atoms. The lowest BCUT2D eigenvalue weighted by atomic mass is 9.95. The highest BCUT2D eigenvalue weighted by Gasteiger charge is 2.36. The molecule has 178 valence electrons. The molecule has 3 heterocycles. The summed E-state index contributed by atoms with van der Waals surface area (Å²) in [6.07, 6.45) is 6.44. The van der Waals surface area contributed by atoms with Gasteiger partial charge in [-0.2, -0.15) is 0 Å². The van der Waals surface area contributed by atoms with Crippen molar-refractivity contribution in [2.24, 2.45) is 0 Å². The van der Waals surface area contributed by atoms with Crippen LogP contribution in [-0.4, -0.2) is 15.5 Å². The maximum atomic E-state index is 14.4. The van der Waals surface area contributed by atoms with Gasteiger partial charge in [0.25, 0.3) is 0 Å². The fraction of sp³-hybridized carbons (Fsp3) is 0.250. The van der Waals surface area contributed by atoms with Crippen molar-refractivity contribution in [2.75, 3.05) is 5.32 Å². The van der Waals surface area contributed by atoms with Crippen LogP contribution in [-0.2, 0) is 19.4 Å². The first-order valence-electron chi connectivity index (χ1n) is 11.9. The fourth-order valence-corrected chi connectivity index (χ4v) is 6.67. The topological polar surface area (TPSA) is 37.3 Å². The molecule has 0 saturated heterocycles. The van der Waals surface area contributed by atoms with Crippen molar-refractivity contribution >= 4 is 23.1 Å². The number of carbonyl (C=O) groups excluding carboxylic acids is 1. The Morgan fingerprint density at radius 2 is 1.83 bits per heavy atom. The smallest absolute Gasteiger partial charge is 0.310 e. The molecular formula is C28H25F2N3OS. The molecule has 0 spiro atoms. The molecule has 1 N–H and O–H groups in total. The zero-order valence-corrected chi connectivity index (χ0v) is 20.2. The average molecular weight is 490 g/mol. The molecule has 1 atom stereocenters. The van der Waals surface area contributed by atoms with Gasteiger partial charge >= 0.3 is 6.03 Å². The SMILES string of the molecule is Cc1ccc([C@@H]2c3cccn3-c3sc4c(c3CN2C(=O)Nc2cc(F)ccc2F)CCCC4)cc1. The number of amides is 2. The zero-order chi connectivity index (χ0) is 24.1. The summed E-state index contributed by atoms with van der Waals surface area (Å²) in [7, 11) is 0. The van der Waals surface area contributed by atoms with E-state index in [4.69, 9.17) is 0 Å². The number of benzene rings is 2. The second-order valence-electron chi connectivity index (χ2n) is 9.29. The molecule has 0 bridgehead atoms. The van der Waals surface area contributed by atoms with Crippen molar-refractivity contribution < 1.29 is 13.6 Å². The number of nitrogens with one attached hydrogen (secondary N) is 1. The molecule has 1 aliphatic heterocycles. The van der Waals surface area contributed by atoms with Gasteiger partial charge in [0, 0.05) is 22.7 Å². The van der Waals surface area contributed by atoms with E-state index in [1.807, 2.05) is 54.7 Å². The van der Waals surface area contributed by atoms with Crippen LogP contribution in [0.3, 0.4) is 0 Å². The summed E-state index contributed by atoms with van der Waals surface area (Å²) in [4.78, 5) is 16.9. The van der Waals surface area contributed by atoms with Crippen LogP contribution < -0.4 is 5.32 Å². The molecule has 4 aromatic rings. The van der Waals surface area contributed by atoms with E-state index < -0.39 is 17.7 Å². The molecular weight excluding hydrogens is 464 g/mol. The Kier molecular flexibility index (Phi) is 5.44. The van der Waals surface area contributed by atoms with Gasteiger partial charge in [-0.25, -0.2) is 13.6 Å². The number of hydrogen-bond donors (Lipinski definition) is 1. The second kappa shape index (κ2) is 8.64. The summed E-state index contributed by atoms with van der Waals surface area (Å²) in [6, 6.07) is 14.4. The molecule has 0 radical (unpaired) electrons. The van der Waals surface area contributed by atoms with Crippen LogP contribution in [0.2, 0.25) is 0 Å². The molecule has 2 amide bonds. The number of urea groups is 1. The summed E-state index contributed by atoms with van der Waals surface area (Å²) < 4.78 is 30.5. The summed E-state index contributed by atoms with van der Waals surface area (Å²) in [5.41, 5.74) is 5.41. The number of nitrogens with zero attached hydrogens (tertiary/aromatic N) is 2. The Hall–Kier alpha value is -3.45. The van der Waals surface area contributed by atoms with Crippen molar-refractivity contribution in [3.63, 3.8) is 0 Å². The van der Waals surface area contributed by atoms with E-state index in [1.54, 1.807) is 4.90 Å². The molecule has 2 aliphatic rings. The zero-order valence-electron chi connectivity index (χ0n) is 19.4. The summed E-state index contributed by atoms with van der Waals surface area (Å²) in [5.74, 6) is -1.27. The Bertz CT molecular complexity index is 1420. The number of rotatable bonds is 2. The highest BCUT2D eigenvalue weighted by molar-refractivity contribution is 7.15. The molecule has 1 aliphatic carbocycles. The lowest BCUT2D eigenvalue weighted by Gasteiger charge is -2.31. The Morgan fingerprint density at radius 1 is 1.03 bits per heavy atom. The van der Waals surface area contributed by atoms with Crippen LogP contribution in [0.5, 0.6) is 0 Å². The van der Waals surface area contributed by atoms with Crippen molar-refractivity contribution in [3.05, 3.63) is 105 Å². The number of halogens is 2. The summed E-state index contributed by atoms with van der Waals surface area (Å²) in [6.45, 7) is 2.42. The molecule has 2 aromatic carbocycles. The second-order valence-corrected chi connectivity index (χ2v) is 10.4. The third-order valence-corrected chi connectivity index (χ3v) is 8.34. The van der Waals surface area contributed by atoms with Gasteiger partial charge < -0.3 is 14.8 Å². The maximum Gasteiger partial charge on any atom is 0.323 e. The quantitative estimate of drug-likeness (QED) is 0.319. The van der Waals surface area contributed by atoms with Crippen molar-refractivity contribution in [2.45, 2.75) is 45.2 Å². The van der Waals surface area contributed by atoms with E-state index >= 15 is 0 Å². The van der Waals surface area contributed by atoms with Crippen LogP contribution in [0.4, 0.5) is 19.3 Å². The number of hydrogen-bond acceptors (Lipinski definition) is 2. The van der Waals surface area contributed by atoms with Gasteiger partial charge in [0.05, 0.1) is 24.0 Å². The van der Waals surface area contributed by atoms with Crippen molar-refractivity contribution in [1.29, 1.82) is 0 Å². The average Bonchev–Trinajstić information content (AvgIpc) is 3.44. The molecule has 2 aromatic heterocycles. The lowest BCUT2D eigenvalue weighted by molar-refractivity contribution is 0.194. The standard InChI is InChI=1S/C28H25F2N3OS/c1-17-8-10-18(11-9-17)26-24-6-4-14-32(24)27-21(20-5-2-3-7-25(20)35-27)16-33(26)28(34)31-23-15-19(29)12-13-22(23)30/h4,6,8-15,26H,2-3,5,7,16H2,1H3,(H,31,34)/t26-/m1/s1. The van der Waals surface area contributed by atoms with Crippen LogP contribution >= 0.6 is 11.3 Å². The monoisotopic (exact) mass is 489 g/mol. The molecule has 0 unspecified atom stereocenters. The highest BCUT2D eigenvalue weighted by Crippen LogP contribution is 2.44. The maximum absolute atomic E-state index is 14.4. The summed E-state index contributed by atoms with van der Waals surface area (Å²) in [5, 5.41) is 3.81. The first-order valence-corrected chi connectivity index (χ1v) is 12.7. The Balaban J connectivity index is 1.50. The van der Waals surface area contributed by atoms with Crippen molar-refractivity contribution in [3.8, 4) is 5.00 Å². The first kappa shape index (κ1) is 22.0. The molecule has 6 rings (SSSR count). The van der Waals surface area contributed by atoms with E-state index in [2.05, 4.69) is 16.1 Å². The van der Waals surface area contributed by atoms with Crippen LogP contribution in [0.25, 0.3) is 5.00 Å². The minimum Gasteiger partial charge on any atom is -0.310 e. The fourth-order valence-electron chi connectivity index (χ4n) is 5.27. The Labute approximate surface area is 206 Å². The molecule has 4 nitrogen and oxygen atoms in total. The van der Waals surface area contributed by atoms with E-state index in [9.17, 15) is 13.6 Å². The number of fused-ring (bicyclic) bond motifs is 5. The normalized spacial score (nSPS) is 16.8. The largest absolute Gasteiger partial charge is 0.323 e. The Morgan fingerprint density at radius 3 is 2.66 bits per heavy atom. The van der Waals surface area contributed by atoms with Crippen LogP contribution in [0, 0.1) is 18.6 Å². The highest BCUT2D eigenvalue weighted by atomic mass is 32.1. The molecule has 0 fully saturated rings. The molecule has 7 heteroatoms. The third kappa shape index (κ3) is 3.84. The van der Waals surface area contributed by atoms with Gasteiger partial charge in [0.2, 0.25) is 0 Å². The molecule has 0 saturated carbocycles. The van der Waals surface area contributed by atoms with Gasteiger partial charge in [0.15, 0.2) is 0 Å². The predicted octanol–water partition coefficient (Wildman–Crippen LogP) is 7.14.